The number of benzene rings is 1. The molecular weight excluding hydrogens is 1230 g/mol. The Kier molecular flexibility index (Phi) is 16.8. The number of rotatable bonds is 21. The molecule has 16 atom stereocenters. The molecule has 1 aromatic carbocycles. The molecule has 10 rings (SSSR count). The van der Waals surface area contributed by atoms with Gasteiger partial charge in [-0.05, 0) is 17.7 Å². The van der Waals surface area contributed by atoms with E-state index < -0.39 is 135 Å². The third kappa shape index (κ3) is 12.3. The summed E-state index contributed by atoms with van der Waals surface area (Å²) in [4.78, 5) is 107. The maximum atomic E-state index is 14.0. The van der Waals surface area contributed by atoms with Gasteiger partial charge in [0, 0.05) is 12.1 Å². The maximum absolute atomic E-state index is 14.0. The largest absolute Gasteiger partial charge is 0.780 e. The summed E-state index contributed by atoms with van der Waals surface area (Å²) in [6, 6.07) is 6.53. The molecule has 0 bridgehead atoms. The lowest BCUT2D eigenvalue weighted by Crippen LogP contribution is -2.46. The van der Waals surface area contributed by atoms with Crippen LogP contribution in [0, 0.1) is 0 Å². The Bertz CT molecular complexity index is 3880. The second-order valence-electron chi connectivity index (χ2n) is 18.0. The number of imidazole rings is 3. The number of nitrogens with zero attached hydrogens (tertiary/aromatic N) is 10. The second-order valence-corrected chi connectivity index (χ2v) is 25.7. The third-order valence-electron chi connectivity index (χ3n) is 12.7. The van der Waals surface area contributed by atoms with Crippen LogP contribution in [-0.2, 0) is 77.7 Å². The van der Waals surface area contributed by atoms with Gasteiger partial charge in [0.2, 0.25) is 17.7 Å². The first kappa shape index (κ1) is 59.9. The van der Waals surface area contributed by atoms with Crippen molar-refractivity contribution in [3.63, 3.8) is 0 Å². The minimum absolute atomic E-state index is 0.0111. The standard InChI is InChI=1S/C38H46ClN15O23P4S/c1-68-27-26(75-81(67,82)71-8-17-23(56)24(57)34(72-17)53-12-46-20-30(53)47-37(41)49-32(20)59)18(74-36(27)52-11-45-19-28(40)43-10-44-29(19)52)9-70-79(63,64)77-80(65,66)76-78(61,62)69-7-16-22(55)25(58)35(73-16)54-13-51(6-14-2-4-15(39)5-3-14)21-31(54)48-38(42)50-33(21)60/h2-5,10-13,16-18,22-27,34-36,55-58H,6-9H2,1H3,(H11-,40,41,42,43,44,47,48,49,50,59,60,61,62,63,64,65,66,67,82)/p-3. The number of anilines is 3. The number of hydrogen-bond acceptors (Lipinski definition) is 33. The molecule has 3 aliphatic rings. The topological polar surface area (TPSA) is 556 Å². The van der Waals surface area contributed by atoms with Crippen LogP contribution in [0.2, 0.25) is 5.02 Å². The number of nitrogens with one attached hydrogen (secondary N) is 2. The number of aliphatic hydroxyl groups is 4. The van der Waals surface area contributed by atoms with Crippen LogP contribution in [0.1, 0.15) is 24.2 Å². The monoisotopic (exact) mass is 1270 g/mol. The molecule has 0 aliphatic carbocycles. The van der Waals surface area contributed by atoms with Crippen LogP contribution in [0.15, 0.2) is 59.2 Å². The Morgan fingerprint density at radius 2 is 1.30 bits per heavy atom. The van der Waals surface area contributed by atoms with Gasteiger partial charge in [-0.3, -0.25) is 47.0 Å². The van der Waals surface area contributed by atoms with E-state index >= 15 is 0 Å². The number of aliphatic hydroxyl groups excluding tert-OH is 4. The van der Waals surface area contributed by atoms with Gasteiger partial charge in [0.1, 0.15) is 73.5 Å². The van der Waals surface area contributed by atoms with Gasteiger partial charge < -0.3 is 94.2 Å². The average molecular weight is 1270 g/mol. The van der Waals surface area contributed by atoms with Crippen LogP contribution in [0.4, 0.5) is 17.7 Å². The molecule has 0 spiro atoms. The number of halogens is 1. The smallest absolute Gasteiger partial charge is 0.313 e. The molecule has 7 aromatic rings. The number of aromatic nitrogens is 12. The molecule has 0 saturated carbocycles. The van der Waals surface area contributed by atoms with Crippen LogP contribution in [0.25, 0.3) is 33.5 Å². The molecule has 3 fully saturated rings. The normalized spacial score (nSPS) is 28.9. The minimum atomic E-state index is -6.60. The van der Waals surface area contributed by atoms with Crippen LogP contribution < -0.4 is 52.5 Å². The van der Waals surface area contributed by atoms with Crippen molar-refractivity contribution in [2.75, 3.05) is 44.1 Å². The average Bonchev–Trinajstić information content (AvgIpc) is 4.38. The SMILES string of the molecule is COC1C(OP([O-])(=S)OCC2OC(n3cnc4c(=O)[nH]c(N)nc43)C(O)C2O)C(COP(=O)([O-])OP(=O)([O-])OP(=O)([O-])OCC2OC([n+]3cn(Cc4ccc(Cl)cc4)c4c(=O)[nH]c(N)nc43)C(O)C2O)OC1n1cnc2c(N)ncnc21. The number of nitrogen functional groups attached to an aromatic ring is 3. The van der Waals surface area contributed by atoms with E-state index in [1.807, 2.05) is 0 Å². The molecule has 3 aliphatic heterocycles. The Balaban J connectivity index is 0.799. The number of methoxy groups -OCH3 is 1. The first-order valence-electron chi connectivity index (χ1n) is 23.3. The number of phosphoric acid groups is 3. The molecule has 3 saturated heterocycles. The van der Waals surface area contributed by atoms with Crippen molar-refractivity contribution in [2.24, 2.45) is 0 Å². The number of fused-ring (bicyclic) bond motifs is 3. The molecule has 12 N–H and O–H groups in total. The number of ether oxygens (including phenoxy) is 4. The molecule has 0 radical (unpaired) electrons. The predicted octanol–water partition coefficient (Wildman–Crippen LogP) is -4.96. The quantitative estimate of drug-likeness (QED) is 0.0240. The molecule has 6 aromatic heterocycles. The lowest BCUT2D eigenvalue weighted by Gasteiger charge is -2.36. The van der Waals surface area contributed by atoms with Crippen LogP contribution >= 0.6 is 41.8 Å². The van der Waals surface area contributed by atoms with E-state index in [9.17, 15) is 63.3 Å². The highest BCUT2D eigenvalue weighted by atomic mass is 35.5. The third-order valence-corrected chi connectivity index (χ3v) is 18.6. The fraction of sp³-hybridized carbons (Fsp3) is 0.447. The first-order valence-corrected chi connectivity index (χ1v) is 30.6. The zero-order chi connectivity index (χ0) is 59.0. The number of hydrogen-bond donors (Lipinski definition) is 9. The van der Waals surface area contributed by atoms with Gasteiger partial charge in [-0.2, -0.15) is 4.98 Å². The summed E-state index contributed by atoms with van der Waals surface area (Å²) in [7, 11) is -18.0. The lowest BCUT2D eigenvalue weighted by atomic mass is 10.1. The fourth-order valence-corrected chi connectivity index (χ4v) is 14.0. The van der Waals surface area contributed by atoms with Crippen molar-refractivity contribution in [1.82, 2.24) is 53.6 Å². The van der Waals surface area contributed by atoms with E-state index in [1.165, 1.54) is 15.5 Å². The molecule has 444 valence electrons. The number of aromatic amines is 2. The van der Waals surface area contributed by atoms with Crippen molar-refractivity contribution in [1.29, 1.82) is 0 Å². The van der Waals surface area contributed by atoms with Crippen molar-refractivity contribution >= 4 is 105 Å². The zero-order valence-corrected chi connectivity index (χ0v) is 46.4. The highest BCUT2D eigenvalue weighted by molar-refractivity contribution is 8.06. The minimum Gasteiger partial charge on any atom is -0.780 e. The molecular formula is C38H43ClN15O23P4S-3. The van der Waals surface area contributed by atoms with E-state index in [1.54, 1.807) is 24.3 Å². The van der Waals surface area contributed by atoms with Gasteiger partial charge in [-0.25, -0.2) is 33.1 Å². The van der Waals surface area contributed by atoms with E-state index in [0.29, 0.717) is 10.6 Å². The Labute approximate surface area is 465 Å². The number of phosphoric ester groups is 2. The van der Waals surface area contributed by atoms with Crippen molar-refractivity contribution in [2.45, 2.75) is 80.2 Å². The van der Waals surface area contributed by atoms with Crippen LogP contribution in [0.5, 0.6) is 0 Å². The zero-order valence-electron chi connectivity index (χ0n) is 41.2. The highest BCUT2D eigenvalue weighted by Crippen LogP contribution is 2.63. The van der Waals surface area contributed by atoms with Crippen LogP contribution in [-0.4, -0.2) is 156 Å². The van der Waals surface area contributed by atoms with Gasteiger partial charge in [0.25, 0.3) is 40.5 Å². The molecule has 0 amide bonds. The summed E-state index contributed by atoms with van der Waals surface area (Å²) in [6.07, 6.45) is -15.8. The van der Waals surface area contributed by atoms with Gasteiger partial charge in [-0.1, -0.05) is 40.5 Å². The summed E-state index contributed by atoms with van der Waals surface area (Å²) in [5.74, 6) is -0.746. The van der Waals surface area contributed by atoms with Gasteiger partial charge in [0.15, 0.2) is 41.4 Å². The molecule has 38 nitrogen and oxygen atoms in total. The van der Waals surface area contributed by atoms with Gasteiger partial charge in [0.05, 0.1) is 39.0 Å². The predicted molar refractivity (Wildman–Crippen MR) is 266 cm³/mol. The summed E-state index contributed by atoms with van der Waals surface area (Å²) < 4.78 is 95.4. The molecule has 44 heteroatoms. The van der Waals surface area contributed by atoms with Crippen molar-refractivity contribution < 1.29 is 104 Å². The number of nitrogens with two attached hydrogens (primary N) is 3. The molecule has 82 heavy (non-hydrogen) atoms. The van der Waals surface area contributed by atoms with Crippen molar-refractivity contribution in [3.05, 3.63) is 80.9 Å². The van der Waals surface area contributed by atoms with Gasteiger partial charge >= 0.3 is 5.65 Å². The summed E-state index contributed by atoms with van der Waals surface area (Å²) in [5, 5.41) is 44.2. The van der Waals surface area contributed by atoms with Crippen LogP contribution in [0.3, 0.4) is 0 Å². The fourth-order valence-electron chi connectivity index (χ4n) is 9.07. The van der Waals surface area contributed by atoms with E-state index in [0.717, 1.165) is 35.2 Å². The van der Waals surface area contributed by atoms with E-state index in [4.69, 9.17) is 73.1 Å². The molecule has 16 unspecified atom stereocenters. The lowest BCUT2D eigenvalue weighted by molar-refractivity contribution is -0.745. The van der Waals surface area contributed by atoms with E-state index in [-0.39, 0.29) is 57.8 Å². The highest BCUT2D eigenvalue weighted by Gasteiger charge is 2.51. The Hall–Kier alpha value is -5.22. The maximum Gasteiger partial charge on any atom is 0.313 e. The van der Waals surface area contributed by atoms with Gasteiger partial charge in [-0.15, -0.1) is 0 Å². The number of H-pyrrole nitrogens is 2. The Morgan fingerprint density at radius 1 is 0.720 bits per heavy atom. The Morgan fingerprint density at radius 3 is 1.99 bits per heavy atom. The van der Waals surface area contributed by atoms with E-state index in [2.05, 4.69) is 53.0 Å². The second kappa shape index (κ2) is 23.0. The first-order chi connectivity index (χ1) is 38.6. The summed E-state index contributed by atoms with van der Waals surface area (Å²) in [5.41, 5.74) is 16.1. The summed E-state index contributed by atoms with van der Waals surface area (Å²) >= 11 is 11.2. The molecule has 9 heterocycles. The van der Waals surface area contributed by atoms with Crippen molar-refractivity contribution in [3.8, 4) is 0 Å². The summed E-state index contributed by atoms with van der Waals surface area (Å²) in [6.45, 7) is -8.33.